The van der Waals surface area contributed by atoms with Crippen molar-refractivity contribution in [3.05, 3.63) is 30.0 Å². The maximum Gasteiger partial charge on any atom is 0.315 e. The maximum absolute atomic E-state index is 11.9. The Morgan fingerprint density at radius 1 is 1.17 bits per heavy atom. The molecule has 9 heteroatoms. The first-order valence-corrected chi connectivity index (χ1v) is 10.6. The summed E-state index contributed by atoms with van der Waals surface area (Å²) < 4.78 is 0. The number of urea groups is 1. The number of fused-ring (bicyclic) bond motifs is 1. The van der Waals surface area contributed by atoms with Crippen LogP contribution in [0.15, 0.2) is 24.4 Å². The number of hydrogen-bond acceptors (Lipinski definition) is 5. The molecule has 0 aliphatic carbocycles. The van der Waals surface area contributed by atoms with E-state index in [1.54, 1.807) is 4.90 Å². The number of piperazine rings is 1. The summed E-state index contributed by atoms with van der Waals surface area (Å²) in [5.74, 6) is 0.715. The molecule has 30 heavy (non-hydrogen) atoms. The van der Waals surface area contributed by atoms with Crippen LogP contribution in [0.25, 0.3) is 22.6 Å². The number of primary amides is 1. The first-order valence-electron chi connectivity index (χ1n) is 10.6. The molecule has 1 unspecified atom stereocenters. The molecule has 2 saturated heterocycles. The van der Waals surface area contributed by atoms with Crippen molar-refractivity contribution in [2.75, 3.05) is 44.7 Å². The number of likely N-dealkylation sites (N-methyl/N-ethyl adjacent to an activating group) is 1. The van der Waals surface area contributed by atoms with Crippen LogP contribution >= 0.6 is 0 Å². The summed E-state index contributed by atoms with van der Waals surface area (Å²) in [6.07, 6.45) is 4.78. The molecule has 4 heterocycles. The number of H-pyrrole nitrogens is 2. The molecule has 1 aromatic carbocycles. The predicted octanol–water partition coefficient (Wildman–Crippen LogP) is 2.31. The van der Waals surface area contributed by atoms with Gasteiger partial charge in [0.2, 0.25) is 0 Å². The van der Waals surface area contributed by atoms with Gasteiger partial charge in [-0.2, -0.15) is 5.10 Å². The van der Waals surface area contributed by atoms with Crippen molar-refractivity contribution in [2.45, 2.75) is 25.3 Å². The molecule has 4 N–H and O–H groups in total. The molecule has 2 aliphatic rings. The Bertz CT molecular complexity index is 1050. The highest BCUT2D eigenvalue weighted by atomic mass is 16.2. The SMILES string of the molecule is CN1CCN(c2ccc3nc(-c4n[nH]cc4C4CCCCN4C(N)=O)[nH]c3c2)CC1. The number of aromatic nitrogens is 4. The molecular weight excluding hydrogens is 380 g/mol. The van der Waals surface area contributed by atoms with Crippen molar-refractivity contribution < 1.29 is 4.79 Å². The number of carbonyl (C=O) groups excluding carboxylic acids is 1. The van der Waals surface area contributed by atoms with E-state index in [1.165, 1.54) is 5.69 Å². The molecule has 158 valence electrons. The summed E-state index contributed by atoms with van der Waals surface area (Å²) in [5.41, 5.74) is 10.5. The van der Waals surface area contributed by atoms with Crippen molar-refractivity contribution in [2.24, 2.45) is 5.73 Å². The van der Waals surface area contributed by atoms with Gasteiger partial charge in [0.25, 0.3) is 0 Å². The summed E-state index contributed by atoms with van der Waals surface area (Å²) in [4.78, 5) is 26.7. The van der Waals surface area contributed by atoms with E-state index in [2.05, 4.69) is 50.2 Å². The molecule has 5 rings (SSSR count). The number of carbonyl (C=O) groups is 1. The number of likely N-dealkylation sites (tertiary alicyclic amines) is 1. The van der Waals surface area contributed by atoms with Gasteiger partial charge in [-0.3, -0.25) is 5.10 Å². The lowest BCUT2D eigenvalue weighted by atomic mass is 9.95. The van der Waals surface area contributed by atoms with Gasteiger partial charge >= 0.3 is 6.03 Å². The lowest BCUT2D eigenvalue weighted by molar-refractivity contribution is 0.160. The average molecular weight is 409 g/mol. The Labute approximate surface area is 175 Å². The van der Waals surface area contributed by atoms with Crippen molar-refractivity contribution >= 4 is 22.8 Å². The molecule has 0 spiro atoms. The fraction of sp³-hybridized carbons (Fsp3) is 0.476. The molecule has 0 bridgehead atoms. The number of nitrogens with two attached hydrogens (primary N) is 1. The van der Waals surface area contributed by atoms with Gasteiger partial charge in [-0.25, -0.2) is 9.78 Å². The Morgan fingerprint density at radius 3 is 2.80 bits per heavy atom. The van der Waals surface area contributed by atoms with Crippen LogP contribution in [-0.2, 0) is 0 Å². The molecule has 1 atom stereocenters. The van der Waals surface area contributed by atoms with Gasteiger partial charge < -0.3 is 25.4 Å². The molecular formula is C21H28N8O. The summed E-state index contributed by atoms with van der Waals surface area (Å²) >= 11 is 0. The summed E-state index contributed by atoms with van der Waals surface area (Å²) in [7, 11) is 2.16. The number of imidazole rings is 1. The molecule has 3 aromatic rings. The molecule has 2 fully saturated rings. The van der Waals surface area contributed by atoms with Crippen LogP contribution in [0.4, 0.5) is 10.5 Å². The van der Waals surface area contributed by atoms with E-state index < -0.39 is 0 Å². The number of nitrogens with one attached hydrogen (secondary N) is 2. The summed E-state index contributed by atoms with van der Waals surface area (Å²) in [6, 6.07) is 5.91. The normalized spacial score (nSPS) is 20.8. The number of piperidine rings is 1. The number of anilines is 1. The minimum Gasteiger partial charge on any atom is -0.369 e. The van der Waals surface area contributed by atoms with Gasteiger partial charge in [0.05, 0.1) is 17.1 Å². The lowest BCUT2D eigenvalue weighted by Crippen LogP contribution is -2.44. The molecule has 2 aliphatic heterocycles. The van der Waals surface area contributed by atoms with Crippen molar-refractivity contribution in [1.29, 1.82) is 0 Å². The van der Waals surface area contributed by atoms with Crippen molar-refractivity contribution in [1.82, 2.24) is 30.0 Å². The largest absolute Gasteiger partial charge is 0.369 e. The molecule has 9 nitrogen and oxygen atoms in total. The van der Waals surface area contributed by atoms with Crippen molar-refractivity contribution in [3.8, 4) is 11.5 Å². The van der Waals surface area contributed by atoms with Crippen LogP contribution in [0, 0.1) is 0 Å². The number of benzene rings is 1. The van der Waals surface area contributed by atoms with Crippen LogP contribution in [0.1, 0.15) is 30.9 Å². The second-order valence-corrected chi connectivity index (χ2v) is 8.31. The second kappa shape index (κ2) is 7.64. The first-order chi connectivity index (χ1) is 14.6. The van der Waals surface area contributed by atoms with Gasteiger partial charge in [0, 0.05) is 50.2 Å². The number of hydrogen-bond donors (Lipinski definition) is 3. The first kappa shape index (κ1) is 18.9. The van der Waals surface area contributed by atoms with Crippen LogP contribution in [0.2, 0.25) is 0 Å². The van der Waals surface area contributed by atoms with E-state index in [0.29, 0.717) is 12.4 Å². The monoisotopic (exact) mass is 408 g/mol. The second-order valence-electron chi connectivity index (χ2n) is 8.31. The molecule has 0 radical (unpaired) electrons. The topological polar surface area (TPSA) is 110 Å². The maximum atomic E-state index is 11.9. The zero-order chi connectivity index (χ0) is 20.7. The van der Waals surface area contributed by atoms with Crippen molar-refractivity contribution in [3.63, 3.8) is 0 Å². The Morgan fingerprint density at radius 2 is 2.00 bits per heavy atom. The molecule has 0 saturated carbocycles. The van der Waals surface area contributed by atoms with Gasteiger partial charge in [0.15, 0.2) is 5.82 Å². The predicted molar refractivity (Wildman–Crippen MR) is 116 cm³/mol. The minimum absolute atomic E-state index is 0.0703. The van der Waals surface area contributed by atoms with Crippen LogP contribution < -0.4 is 10.6 Å². The fourth-order valence-electron chi connectivity index (χ4n) is 4.63. The molecule has 2 aromatic heterocycles. The standard InChI is InChI=1S/C21H28N8O/c1-27-8-10-28(11-9-27)14-5-6-16-17(12-14)25-20(24-16)19-15(13-23-26-19)18-4-2-3-7-29(18)21(22)30/h5-6,12-13,18H,2-4,7-11H2,1H3,(H2,22,30)(H,23,26)(H,24,25). The van der Waals surface area contributed by atoms with E-state index in [-0.39, 0.29) is 12.1 Å². The summed E-state index contributed by atoms with van der Waals surface area (Å²) in [6.45, 7) is 4.87. The lowest BCUT2D eigenvalue weighted by Gasteiger charge is -2.34. The minimum atomic E-state index is -0.381. The van der Waals surface area contributed by atoms with E-state index in [0.717, 1.165) is 67.7 Å². The third-order valence-corrected chi connectivity index (χ3v) is 6.37. The third kappa shape index (κ3) is 3.39. The van der Waals surface area contributed by atoms with Crippen LogP contribution in [0.3, 0.4) is 0 Å². The van der Waals surface area contributed by atoms with Crippen LogP contribution in [-0.4, -0.2) is 75.8 Å². The van der Waals surface area contributed by atoms with Crippen LogP contribution in [0.5, 0.6) is 0 Å². The highest BCUT2D eigenvalue weighted by Gasteiger charge is 2.30. The highest BCUT2D eigenvalue weighted by molar-refractivity contribution is 5.83. The Hall–Kier alpha value is -3.07. The average Bonchev–Trinajstić information content (AvgIpc) is 3.40. The Kier molecular flexibility index (Phi) is 4.82. The quantitative estimate of drug-likeness (QED) is 0.616. The number of nitrogens with zero attached hydrogens (tertiary/aromatic N) is 5. The van der Waals surface area contributed by atoms with E-state index in [1.807, 2.05) is 6.20 Å². The van der Waals surface area contributed by atoms with Gasteiger partial charge in [-0.05, 0) is 44.5 Å². The Balaban J connectivity index is 1.46. The van der Waals surface area contributed by atoms with Gasteiger partial charge in [-0.15, -0.1) is 0 Å². The van der Waals surface area contributed by atoms with E-state index in [4.69, 9.17) is 10.7 Å². The highest BCUT2D eigenvalue weighted by Crippen LogP contribution is 2.35. The van der Waals surface area contributed by atoms with E-state index >= 15 is 0 Å². The number of amides is 2. The smallest absolute Gasteiger partial charge is 0.315 e. The number of aromatic amines is 2. The zero-order valence-corrected chi connectivity index (χ0v) is 17.3. The number of rotatable bonds is 3. The zero-order valence-electron chi connectivity index (χ0n) is 17.3. The van der Waals surface area contributed by atoms with Gasteiger partial charge in [-0.1, -0.05) is 0 Å². The fourth-order valence-corrected chi connectivity index (χ4v) is 4.63. The third-order valence-electron chi connectivity index (χ3n) is 6.37. The van der Waals surface area contributed by atoms with E-state index in [9.17, 15) is 4.79 Å². The van der Waals surface area contributed by atoms with Gasteiger partial charge in [0.1, 0.15) is 5.69 Å². The summed E-state index contributed by atoms with van der Waals surface area (Å²) in [5, 5.41) is 7.42. The molecule has 2 amide bonds.